The summed E-state index contributed by atoms with van der Waals surface area (Å²) in [6.45, 7) is 5.58. The van der Waals surface area contributed by atoms with Gasteiger partial charge in [0.2, 0.25) is 0 Å². The maximum atomic E-state index is 12.9. The Labute approximate surface area is 94.3 Å². The average Bonchev–Trinajstić information content (AvgIpc) is 2.10. The fourth-order valence-electron chi connectivity index (χ4n) is 1.10. The van der Waals surface area contributed by atoms with E-state index < -0.39 is 5.82 Å². The van der Waals surface area contributed by atoms with Crippen molar-refractivity contribution in [2.75, 3.05) is 0 Å². The van der Waals surface area contributed by atoms with Gasteiger partial charge in [-0.05, 0) is 17.7 Å². The molecule has 1 nitrogen and oxygen atoms in total. The Morgan fingerprint density at radius 2 is 2.00 bits per heavy atom. The normalized spacial score (nSPS) is 11.5. The van der Waals surface area contributed by atoms with E-state index in [4.69, 9.17) is 11.6 Å². The Morgan fingerprint density at radius 3 is 2.47 bits per heavy atom. The predicted molar refractivity (Wildman–Crippen MR) is 59.6 cm³/mol. The van der Waals surface area contributed by atoms with E-state index in [2.05, 4.69) is 0 Å². The molecule has 0 saturated heterocycles. The molecule has 0 fully saturated rings. The van der Waals surface area contributed by atoms with Crippen molar-refractivity contribution in [3.8, 4) is 0 Å². The van der Waals surface area contributed by atoms with E-state index in [1.54, 1.807) is 6.07 Å². The van der Waals surface area contributed by atoms with Gasteiger partial charge in [-0.15, -0.1) is 0 Å². The highest BCUT2D eigenvalue weighted by atomic mass is 35.5. The lowest BCUT2D eigenvalue weighted by atomic mass is 9.87. The second kappa shape index (κ2) is 4.31. The van der Waals surface area contributed by atoms with Crippen LogP contribution in [0.5, 0.6) is 0 Å². The summed E-state index contributed by atoms with van der Waals surface area (Å²) in [7, 11) is 0. The number of benzene rings is 1. The first kappa shape index (κ1) is 12.2. The van der Waals surface area contributed by atoms with Crippen LogP contribution in [-0.4, -0.2) is 5.78 Å². The summed E-state index contributed by atoms with van der Waals surface area (Å²) in [6, 6.07) is 4.37. The van der Waals surface area contributed by atoms with Gasteiger partial charge in [-0.25, -0.2) is 4.39 Å². The second-order valence-electron chi connectivity index (χ2n) is 4.60. The first-order chi connectivity index (χ1) is 6.80. The van der Waals surface area contributed by atoms with Crippen LogP contribution in [0.15, 0.2) is 18.2 Å². The van der Waals surface area contributed by atoms with Crippen LogP contribution in [0.2, 0.25) is 5.02 Å². The molecule has 1 aromatic rings. The van der Waals surface area contributed by atoms with Crippen molar-refractivity contribution in [3.05, 3.63) is 34.6 Å². The maximum Gasteiger partial charge on any atom is 0.142 e. The largest absolute Gasteiger partial charge is 0.299 e. The maximum absolute atomic E-state index is 12.9. The topological polar surface area (TPSA) is 17.1 Å². The molecule has 15 heavy (non-hydrogen) atoms. The van der Waals surface area contributed by atoms with Crippen molar-refractivity contribution in [1.29, 1.82) is 0 Å². The van der Waals surface area contributed by atoms with Crippen molar-refractivity contribution >= 4 is 17.4 Å². The van der Waals surface area contributed by atoms with E-state index in [9.17, 15) is 9.18 Å². The summed E-state index contributed by atoms with van der Waals surface area (Å²) in [6.07, 6.45) is 0.295. The van der Waals surface area contributed by atoms with Crippen LogP contribution in [0.1, 0.15) is 26.3 Å². The fourth-order valence-corrected chi connectivity index (χ4v) is 1.30. The van der Waals surface area contributed by atoms with Crippen molar-refractivity contribution in [2.45, 2.75) is 27.2 Å². The van der Waals surface area contributed by atoms with E-state index in [0.717, 1.165) is 5.56 Å². The molecule has 0 radical (unpaired) electrons. The molecule has 0 N–H and O–H groups in total. The first-order valence-corrected chi connectivity index (χ1v) is 5.16. The molecular weight excluding hydrogens is 215 g/mol. The predicted octanol–water partition coefficient (Wildman–Crippen LogP) is 3.64. The fraction of sp³-hybridized carbons (Fsp3) is 0.417. The number of carbonyl (C=O) groups excluding carboxylic acids is 1. The van der Waals surface area contributed by atoms with Crippen molar-refractivity contribution in [2.24, 2.45) is 5.41 Å². The third-order valence-corrected chi connectivity index (χ3v) is 2.47. The molecule has 0 saturated carbocycles. The Kier molecular flexibility index (Phi) is 3.50. The summed E-state index contributed by atoms with van der Waals surface area (Å²) >= 11 is 5.63. The van der Waals surface area contributed by atoms with Gasteiger partial charge in [-0.2, -0.15) is 0 Å². The molecule has 0 unspecified atom stereocenters. The molecule has 1 aromatic carbocycles. The molecule has 0 bridgehead atoms. The van der Waals surface area contributed by atoms with E-state index in [0.29, 0.717) is 6.42 Å². The molecule has 0 heterocycles. The third kappa shape index (κ3) is 3.31. The molecule has 0 spiro atoms. The van der Waals surface area contributed by atoms with Crippen LogP contribution in [0.3, 0.4) is 0 Å². The lowest BCUT2D eigenvalue weighted by Crippen LogP contribution is -2.22. The van der Waals surface area contributed by atoms with Gasteiger partial charge in [0.25, 0.3) is 0 Å². The van der Waals surface area contributed by atoms with Gasteiger partial charge in [0.1, 0.15) is 11.6 Å². The van der Waals surface area contributed by atoms with Crippen molar-refractivity contribution in [3.63, 3.8) is 0 Å². The zero-order valence-electron chi connectivity index (χ0n) is 9.10. The number of ketones is 1. The summed E-state index contributed by atoms with van der Waals surface area (Å²) in [5.74, 6) is -0.339. The quantitative estimate of drug-likeness (QED) is 0.756. The molecule has 1 rings (SSSR count). The smallest absolute Gasteiger partial charge is 0.142 e. The van der Waals surface area contributed by atoms with Gasteiger partial charge in [-0.3, -0.25) is 4.79 Å². The van der Waals surface area contributed by atoms with E-state index in [-0.39, 0.29) is 16.2 Å². The van der Waals surface area contributed by atoms with Crippen molar-refractivity contribution in [1.82, 2.24) is 0 Å². The molecular formula is C12H14ClFO. The number of Topliss-reactive ketones (excluding diaryl/α,β-unsaturated/α-hetero) is 1. The van der Waals surface area contributed by atoms with Gasteiger partial charge in [0.15, 0.2) is 0 Å². The van der Waals surface area contributed by atoms with Gasteiger partial charge < -0.3 is 0 Å². The van der Waals surface area contributed by atoms with Gasteiger partial charge in [0.05, 0.1) is 5.02 Å². The number of rotatable bonds is 2. The molecule has 0 amide bonds. The van der Waals surface area contributed by atoms with Crippen LogP contribution >= 0.6 is 11.6 Å². The minimum Gasteiger partial charge on any atom is -0.299 e. The van der Waals surface area contributed by atoms with Crippen LogP contribution in [0, 0.1) is 11.2 Å². The van der Waals surface area contributed by atoms with E-state index >= 15 is 0 Å². The van der Waals surface area contributed by atoms with E-state index in [1.807, 2.05) is 20.8 Å². The Hall–Kier alpha value is -0.890. The second-order valence-corrected chi connectivity index (χ2v) is 5.01. The third-order valence-electron chi connectivity index (χ3n) is 2.19. The average molecular weight is 229 g/mol. The molecule has 0 aromatic heterocycles. The number of carbonyl (C=O) groups is 1. The highest BCUT2D eigenvalue weighted by Crippen LogP contribution is 2.21. The molecule has 82 valence electrons. The minimum absolute atomic E-state index is 0.0641. The summed E-state index contributed by atoms with van der Waals surface area (Å²) < 4.78 is 12.9. The molecule has 0 aliphatic rings. The molecule has 0 atom stereocenters. The van der Waals surface area contributed by atoms with E-state index in [1.165, 1.54) is 12.1 Å². The summed E-state index contributed by atoms with van der Waals surface area (Å²) in [5.41, 5.74) is 0.377. The van der Waals surface area contributed by atoms with Crippen LogP contribution in [0.4, 0.5) is 4.39 Å². The highest BCUT2D eigenvalue weighted by molar-refractivity contribution is 6.30. The first-order valence-electron chi connectivity index (χ1n) is 4.78. The zero-order valence-corrected chi connectivity index (χ0v) is 9.86. The Balaban J connectivity index is 2.83. The highest BCUT2D eigenvalue weighted by Gasteiger charge is 2.21. The lowest BCUT2D eigenvalue weighted by Gasteiger charge is -2.16. The molecule has 0 aliphatic carbocycles. The van der Waals surface area contributed by atoms with Gasteiger partial charge in [0, 0.05) is 11.8 Å². The lowest BCUT2D eigenvalue weighted by molar-refractivity contribution is -0.125. The molecule has 3 heteroatoms. The number of hydrogen-bond acceptors (Lipinski definition) is 1. The van der Waals surface area contributed by atoms with Crippen LogP contribution in [-0.2, 0) is 11.2 Å². The Morgan fingerprint density at radius 1 is 1.40 bits per heavy atom. The Bertz CT molecular complexity index is 380. The number of halogens is 2. The molecule has 0 aliphatic heterocycles. The standard InChI is InChI=1S/C12H14ClFO/c1-12(2,3)11(15)7-8-4-5-10(14)9(13)6-8/h4-6H,7H2,1-3H3. The van der Waals surface area contributed by atoms with Gasteiger partial charge in [-0.1, -0.05) is 38.4 Å². The van der Waals surface area contributed by atoms with Crippen LogP contribution < -0.4 is 0 Å². The van der Waals surface area contributed by atoms with Crippen molar-refractivity contribution < 1.29 is 9.18 Å². The monoisotopic (exact) mass is 228 g/mol. The number of hydrogen-bond donors (Lipinski definition) is 0. The van der Waals surface area contributed by atoms with Gasteiger partial charge >= 0.3 is 0 Å². The SMILES string of the molecule is CC(C)(C)C(=O)Cc1ccc(F)c(Cl)c1. The summed E-state index contributed by atoms with van der Waals surface area (Å²) in [5, 5.41) is 0.0641. The summed E-state index contributed by atoms with van der Waals surface area (Å²) in [4.78, 5) is 11.7. The van der Waals surface area contributed by atoms with Crippen LogP contribution in [0.25, 0.3) is 0 Å². The minimum atomic E-state index is -0.455. The zero-order chi connectivity index (χ0) is 11.6.